The van der Waals surface area contributed by atoms with Crippen LogP contribution in [-0.4, -0.2) is 17.6 Å². The Balaban J connectivity index is 3.27. The highest BCUT2D eigenvalue weighted by Crippen LogP contribution is 2.27. The zero-order valence-electron chi connectivity index (χ0n) is 8.84. The highest BCUT2D eigenvalue weighted by molar-refractivity contribution is 9.10. The smallest absolute Gasteiger partial charge is 0.358 e. The van der Waals surface area contributed by atoms with Crippen molar-refractivity contribution >= 4 is 33.5 Å². The van der Waals surface area contributed by atoms with Crippen LogP contribution >= 0.6 is 27.5 Å². The van der Waals surface area contributed by atoms with E-state index in [9.17, 15) is 13.6 Å². The van der Waals surface area contributed by atoms with Gasteiger partial charge >= 0.3 is 5.97 Å². The molecule has 0 aliphatic carbocycles. The first-order chi connectivity index (χ1) is 8.01. The van der Waals surface area contributed by atoms with Crippen LogP contribution in [0.15, 0.2) is 10.5 Å². The van der Waals surface area contributed by atoms with Crippen molar-refractivity contribution in [1.29, 1.82) is 0 Å². The maximum absolute atomic E-state index is 12.6. The molecular formula is C10H9BrClF2NO2. The fourth-order valence-corrected chi connectivity index (χ4v) is 2.03. The van der Waals surface area contributed by atoms with Crippen LogP contribution < -0.4 is 0 Å². The number of alkyl halides is 3. The average molecular weight is 329 g/mol. The molecule has 1 aromatic rings. The van der Waals surface area contributed by atoms with Gasteiger partial charge in [-0.15, -0.1) is 11.6 Å². The highest BCUT2D eigenvalue weighted by atomic mass is 79.9. The lowest BCUT2D eigenvalue weighted by Gasteiger charge is -2.09. The first-order valence-corrected chi connectivity index (χ1v) is 6.04. The van der Waals surface area contributed by atoms with Crippen molar-refractivity contribution in [3.8, 4) is 0 Å². The lowest BCUT2D eigenvalue weighted by atomic mass is 10.2. The van der Waals surface area contributed by atoms with Crippen LogP contribution in [0.3, 0.4) is 0 Å². The molecule has 1 heterocycles. The molecule has 0 N–H and O–H groups in total. The lowest BCUT2D eigenvalue weighted by molar-refractivity contribution is 0.0516. The van der Waals surface area contributed by atoms with Crippen molar-refractivity contribution in [2.24, 2.45) is 0 Å². The van der Waals surface area contributed by atoms with Gasteiger partial charge in [0.1, 0.15) is 5.69 Å². The number of nitrogens with zero attached hydrogens (tertiary/aromatic N) is 1. The van der Waals surface area contributed by atoms with Crippen LogP contribution in [-0.2, 0) is 10.6 Å². The average Bonchev–Trinajstić information content (AvgIpc) is 2.29. The van der Waals surface area contributed by atoms with Crippen LogP contribution in [0.1, 0.15) is 35.1 Å². The van der Waals surface area contributed by atoms with Gasteiger partial charge in [0.2, 0.25) is 0 Å². The Morgan fingerprint density at radius 3 is 2.76 bits per heavy atom. The van der Waals surface area contributed by atoms with Crippen molar-refractivity contribution in [2.45, 2.75) is 19.2 Å². The zero-order chi connectivity index (χ0) is 13.0. The molecule has 0 atom stereocenters. The summed E-state index contributed by atoms with van der Waals surface area (Å²) >= 11 is 8.71. The van der Waals surface area contributed by atoms with Gasteiger partial charge in [-0.05, 0) is 34.5 Å². The number of halogens is 4. The fourth-order valence-electron chi connectivity index (χ4n) is 1.15. The maximum atomic E-state index is 12.6. The Morgan fingerprint density at radius 2 is 2.29 bits per heavy atom. The molecule has 0 saturated carbocycles. The minimum Gasteiger partial charge on any atom is -0.461 e. The number of aromatic nitrogens is 1. The number of rotatable bonds is 4. The zero-order valence-corrected chi connectivity index (χ0v) is 11.2. The van der Waals surface area contributed by atoms with Crippen molar-refractivity contribution in [1.82, 2.24) is 4.98 Å². The summed E-state index contributed by atoms with van der Waals surface area (Å²) in [6, 6.07) is 1.16. The maximum Gasteiger partial charge on any atom is 0.358 e. The number of hydrogen-bond acceptors (Lipinski definition) is 3. The third kappa shape index (κ3) is 3.35. The van der Waals surface area contributed by atoms with E-state index < -0.39 is 18.1 Å². The van der Waals surface area contributed by atoms with E-state index in [2.05, 4.69) is 20.9 Å². The standard InChI is InChI=1S/C10H9BrClF2NO2/c1-2-17-10(16)8-7(11)5(4-12)3-6(15-8)9(13)14/h3,9H,2,4H2,1H3. The molecule has 1 rings (SSSR count). The topological polar surface area (TPSA) is 39.2 Å². The van der Waals surface area contributed by atoms with E-state index >= 15 is 0 Å². The second kappa shape index (κ2) is 6.26. The van der Waals surface area contributed by atoms with E-state index in [4.69, 9.17) is 16.3 Å². The summed E-state index contributed by atoms with van der Waals surface area (Å²) in [6.07, 6.45) is -2.77. The summed E-state index contributed by atoms with van der Waals surface area (Å²) in [7, 11) is 0. The Bertz CT molecular complexity index is 429. The highest BCUT2D eigenvalue weighted by Gasteiger charge is 2.21. The molecule has 0 spiro atoms. The molecule has 3 nitrogen and oxygen atoms in total. The second-order valence-electron chi connectivity index (χ2n) is 3.02. The third-order valence-corrected chi connectivity index (χ3v) is 3.06. The van der Waals surface area contributed by atoms with Gasteiger partial charge in [-0.2, -0.15) is 0 Å². The number of hydrogen-bond donors (Lipinski definition) is 0. The summed E-state index contributed by atoms with van der Waals surface area (Å²) in [5.74, 6) is -0.761. The van der Waals surface area contributed by atoms with Gasteiger partial charge in [0.05, 0.1) is 11.1 Å². The van der Waals surface area contributed by atoms with Crippen LogP contribution in [0, 0.1) is 0 Å². The van der Waals surface area contributed by atoms with E-state index in [1.807, 2.05) is 0 Å². The summed E-state index contributed by atoms with van der Waals surface area (Å²) < 4.78 is 30.2. The fraction of sp³-hybridized carbons (Fsp3) is 0.400. The molecule has 0 aromatic carbocycles. The predicted molar refractivity (Wildman–Crippen MR) is 62.4 cm³/mol. The van der Waals surface area contributed by atoms with Crippen LogP contribution in [0.25, 0.3) is 0 Å². The molecule has 7 heteroatoms. The Hall–Kier alpha value is -0.750. The van der Waals surface area contributed by atoms with Crippen LogP contribution in [0.2, 0.25) is 0 Å². The predicted octanol–water partition coefficient (Wildman–Crippen LogP) is 3.70. The third-order valence-electron chi connectivity index (χ3n) is 1.89. The molecule has 0 aliphatic rings. The van der Waals surface area contributed by atoms with E-state index in [-0.39, 0.29) is 22.7 Å². The molecule has 0 radical (unpaired) electrons. The molecule has 0 unspecified atom stereocenters. The van der Waals surface area contributed by atoms with Gasteiger partial charge in [0, 0.05) is 5.88 Å². The van der Waals surface area contributed by atoms with Gasteiger partial charge < -0.3 is 4.74 Å². The number of carbonyl (C=O) groups excluding carboxylic acids is 1. The Kier molecular flexibility index (Phi) is 5.27. The largest absolute Gasteiger partial charge is 0.461 e. The molecular weight excluding hydrogens is 319 g/mol. The Labute approximate surface area is 110 Å². The molecule has 1 aromatic heterocycles. The summed E-state index contributed by atoms with van der Waals surface area (Å²) in [4.78, 5) is 15.1. The quantitative estimate of drug-likeness (QED) is 0.625. The first-order valence-electron chi connectivity index (χ1n) is 4.71. The molecule has 17 heavy (non-hydrogen) atoms. The van der Waals surface area contributed by atoms with Crippen molar-refractivity contribution in [3.63, 3.8) is 0 Å². The van der Waals surface area contributed by atoms with Gasteiger partial charge in [-0.1, -0.05) is 0 Å². The SMILES string of the molecule is CCOC(=O)c1nc(C(F)F)cc(CCl)c1Br. The lowest BCUT2D eigenvalue weighted by Crippen LogP contribution is -2.11. The van der Waals surface area contributed by atoms with E-state index in [0.717, 1.165) is 6.07 Å². The summed E-state index contributed by atoms with van der Waals surface area (Å²) in [5, 5.41) is 0. The summed E-state index contributed by atoms with van der Waals surface area (Å²) in [5.41, 5.74) is -0.299. The van der Waals surface area contributed by atoms with E-state index in [1.54, 1.807) is 6.92 Å². The van der Waals surface area contributed by atoms with Crippen molar-refractivity contribution < 1.29 is 18.3 Å². The van der Waals surface area contributed by atoms with Gasteiger partial charge in [-0.25, -0.2) is 18.6 Å². The minimum atomic E-state index is -2.77. The van der Waals surface area contributed by atoms with Gasteiger partial charge in [0.25, 0.3) is 6.43 Å². The molecule has 0 saturated heterocycles. The molecule has 0 bridgehead atoms. The van der Waals surface area contributed by atoms with Crippen molar-refractivity contribution in [2.75, 3.05) is 6.61 Å². The van der Waals surface area contributed by atoms with E-state index in [0.29, 0.717) is 5.56 Å². The second-order valence-corrected chi connectivity index (χ2v) is 4.08. The summed E-state index contributed by atoms with van der Waals surface area (Å²) in [6.45, 7) is 1.76. The monoisotopic (exact) mass is 327 g/mol. The molecule has 0 aliphatic heterocycles. The normalized spacial score (nSPS) is 10.7. The molecule has 0 fully saturated rings. The number of pyridine rings is 1. The van der Waals surface area contributed by atoms with E-state index in [1.165, 1.54) is 0 Å². The molecule has 94 valence electrons. The minimum absolute atomic E-state index is 0.00473. The number of carbonyl (C=O) groups is 1. The van der Waals surface area contributed by atoms with Gasteiger partial charge in [0.15, 0.2) is 5.69 Å². The number of esters is 1. The van der Waals surface area contributed by atoms with Crippen LogP contribution in [0.5, 0.6) is 0 Å². The van der Waals surface area contributed by atoms with Gasteiger partial charge in [-0.3, -0.25) is 0 Å². The Morgan fingerprint density at radius 1 is 1.65 bits per heavy atom. The molecule has 0 amide bonds. The van der Waals surface area contributed by atoms with Crippen molar-refractivity contribution in [3.05, 3.63) is 27.5 Å². The van der Waals surface area contributed by atoms with Crippen LogP contribution in [0.4, 0.5) is 8.78 Å². The first kappa shape index (κ1) is 14.3. The number of ether oxygens (including phenoxy) is 1.